The molecule has 0 radical (unpaired) electrons. The predicted molar refractivity (Wildman–Crippen MR) is 77.5 cm³/mol. The Hall–Kier alpha value is -2.11. The first-order chi connectivity index (χ1) is 9.83. The van der Waals surface area contributed by atoms with Gasteiger partial charge in [0.2, 0.25) is 0 Å². The maximum atomic E-state index is 12.2. The largest absolute Gasteiger partial charge is 0.461 e. The Labute approximate surface area is 124 Å². The highest BCUT2D eigenvalue weighted by Gasteiger charge is 2.32. The predicted octanol–water partition coefficient (Wildman–Crippen LogP) is 2.56. The first-order valence-electron chi connectivity index (χ1n) is 6.99. The van der Waals surface area contributed by atoms with Gasteiger partial charge >= 0.3 is 12.1 Å². The van der Waals surface area contributed by atoms with E-state index in [-0.39, 0.29) is 5.69 Å². The third-order valence-corrected chi connectivity index (χ3v) is 2.99. The zero-order valence-corrected chi connectivity index (χ0v) is 12.8. The third-order valence-electron chi connectivity index (χ3n) is 2.99. The molecule has 1 amide bonds. The quantitative estimate of drug-likeness (QED) is 0.784. The van der Waals surface area contributed by atoms with Crippen molar-refractivity contribution in [1.29, 1.82) is 0 Å². The zero-order chi connectivity index (χ0) is 15.6. The normalized spacial score (nSPS) is 13.8. The Balaban J connectivity index is 2.27. The Morgan fingerprint density at radius 3 is 2.71 bits per heavy atom. The molecule has 6 heteroatoms. The van der Waals surface area contributed by atoms with Crippen molar-refractivity contribution < 1.29 is 19.1 Å². The van der Waals surface area contributed by atoms with Crippen LogP contribution in [0, 0.1) is 0 Å². The van der Waals surface area contributed by atoms with E-state index < -0.39 is 17.7 Å². The molecule has 0 unspecified atom stereocenters. The van der Waals surface area contributed by atoms with Crippen LogP contribution in [-0.2, 0) is 15.9 Å². The second-order valence-electron chi connectivity index (χ2n) is 5.76. The summed E-state index contributed by atoms with van der Waals surface area (Å²) < 4.78 is 10.4. The van der Waals surface area contributed by atoms with E-state index in [0.29, 0.717) is 25.3 Å². The molecule has 2 heterocycles. The van der Waals surface area contributed by atoms with Crippen LogP contribution in [0.5, 0.6) is 0 Å². The average molecular weight is 292 g/mol. The van der Waals surface area contributed by atoms with Crippen LogP contribution in [-0.4, -0.2) is 35.8 Å². The molecule has 1 aliphatic heterocycles. The SMILES string of the molecule is CCOC(=O)c1nccc2c1CCN2C(=O)OC(C)(C)C. The van der Waals surface area contributed by atoms with E-state index in [1.807, 2.05) is 20.8 Å². The molecular formula is C15H20N2O4. The summed E-state index contributed by atoms with van der Waals surface area (Å²) in [6.45, 7) is 7.96. The number of fused-ring (bicyclic) bond motifs is 1. The molecular weight excluding hydrogens is 272 g/mol. The number of rotatable bonds is 2. The summed E-state index contributed by atoms with van der Waals surface area (Å²) in [4.78, 5) is 29.7. The second-order valence-corrected chi connectivity index (χ2v) is 5.76. The molecule has 0 saturated heterocycles. The highest BCUT2D eigenvalue weighted by molar-refractivity contribution is 5.96. The number of ether oxygens (including phenoxy) is 2. The molecule has 0 spiro atoms. The summed E-state index contributed by atoms with van der Waals surface area (Å²) in [5.74, 6) is -0.458. The van der Waals surface area contributed by atoms with Gasteiger partial charge in [-0.15, -0.1) is 0 Å². The molecule has 0 fully saturated rings. The minimum absolute atomic E-state index is 0.278. The van der Waals surface area contributed by atoms with Crippen LogP contribution < -0.4 is 4.90 Å². The molecule has 0 N–H and O–H groups in total. The van der Waals surface area contributed by atoms with Gasteiger partial charge in [0.05, 0.1) is 12.3 Å². The lowest BCUT2D eigenvalue weighted by Gasteiger charge is -2.24. The van der Waals surface area contributed by atoms with Gasteiger partial charge in [-0.05, 0) is 40.2 Å². The minimum atomic E-state index is -0.559. The van der Waals surface area contributed by atoms with Crippen LogP contribution in [0.3, 0.4) is 0 Å². The van der Waals surface area contributed by atoms with Gasteiger partial charge < -0.3 is 9.47 Å². The van der Waals surface area contributed by atoms with Crippen molar-refractivity contribution in [3.05, 3.63) is 23.5 Å². The summed E-state index contributed by atoms with van der Waals surface area (Å²) in [6, 6.07) is 1.72. The molecule has 114 valence electrons. The lowest BCUT2D eigenvalue weighted by molar-refractivity contribution is 0.0516. The molecule has 1 aromatic heterocycles. The van der Waals surface area contributed by atoms with Crippen molar-refractivity contribution in [2.24, 2.45) is 0 Å². The summed E-state index contributed by atoms with van der Waals surface area (Å²) in [7, 11) is 0. The van der Waals surface area contributed by atoms with Crippen LogP contribution in [0.2, 0.25) is 0 Å². The number of amides is 1. The molecule has 0 atom stereocenters. The van der Waals surface area contributed by atoms with E-state index in [9.17, 15) is 9.59 Å². The Morgan fingerprint density at radius 1 is 1.38 bits per heavy atom. The van der Waals surface area contributed by atoms with Gasteiger partial charge in [0.15, 0.2) is 5.69 Å². The number of pyridine rings is 1. The third kappa shape index (κ3) is 3.32. The van der Waals surface area contributed by atoms with Gasteiger partial charge in [-0.3, -0.25) is 4.90 Å². The maximum absolute atomic E-state index is 12.2. The smallest absolute Gasteiger partial charge is 0.414 e. The van der Waals surface area contributed by atoms with Gasteiger partial charge in [-0.2, -0.15) is 0 Å². The summed E-state index contributed by atoms with van der Waals surface area (Å²) in [5.41, 5.74) is 1.13. The number of esters is 1. The van der Waals surface area contributed by atoms with E-state index in [1.54, 1.807) is 13.0 Å². The minimum Gasteiger partial charge on any atom is -0.461 e. The number of anilines is 1. The number of aromatic nitrogens is 1. The fourth-order valence-electron chi connectivity index (χ4n) is 2.21. The fraction of sp³-hybridized carbons (Fsp3) is 0.533. The Bertz CT molecular complexity index is 563. The zero-order valence-electron chi connectivity index (χ0n) is 12.8. The van der Waals surface area contributed by atoms with E-state index in [4.69, 9.17) is 9.47 Å². The van der Waals surface area contributed by atoms with Crippen molar-refractivity contribution in [2.75, 3.05) is 18.1 Å². The standard InChI is InChI=1S/C15H20N2O4/c1-5-20-13(18)12-10-7-9-17(11(10)6-8-16-12)14(19)21-15(2,3)4/h6,8H,5,7,9H2,1-4H3. The highest BCUT2D eigenvalue weighted by Crippen LogP contribution is 2.31. The first-order valence-corrected chi connectivity index (χ1v) is 6.99. The van der Waals surface area contributed by atoms with Gasteiger partial charge in [-0.25, -0.2) is 14.6 Å². The molecule has 0 aliphatic carbocycles. The Kier molecular flexibility index (Phi) is 4.16. The highest BCUT2D eigenvalue weighted by atomic mass is 16.6. The number of nitrogens with zero attached hydrogens (tertiary/aromatic N) is 2. The molecule has 0 saturated carbocycles. The number of hydrogen-bond donors (Lipinski definition) is 0. The molecule has 2 rings (SSSR count). The van der Waals surface area contributed by atoms with E-state index >= 15 is 0 Å². The van der Waals surface area contributed by atoms with Crippen molar-refractivity contribution in [3.8, 4) is 0 Å². The lowest BCUT2D eigenvalue weighted by atomic mass is 10.1. The van der Waals surface area contributed by atoms with Crippen molar-refractivity contribution in [2.45, 2.75) is 39.7 Å². The van der Waals surface area contributed by atoms with Crippen LogP contribution >= 0.6 is 0 Å². The van der Waals surface area contributed by atoms with E-state index in [2.05, 4.69) is 4.98 Å². The topological polar surface area (TPSA) is 68.7 Å². The van der Waals surface area contributed by atoms with Gasteiger partial charge in [0, 0.05) is 18.3 Å². The van der Waals surface area contributed by atoms with Gasteiger partial charge in [0.25, 0.3) is 0 Å². The van der Waals surface area contributed by atoms with Crippen molar-refractivity contribution in [1.82, 2.24) is 4.98 Å². The Morgan fingerprint density at radius 2 is 2.10 bits per heavy atom. The fourth-order valence-corrected chi connectivity index (χ4v) is 2.21. The molecule has 1 aromatic rings. The number of hydrogen-bond acceptors (Lipinski definition) is 5. The number of carbonyl (C=O) groups excluding carboxylic acids is 2. The average Bonchev–Trinajstić information content (AvgIpc) is 2.80. The molecule has 21 heavy (non-hydrogen) atoms. The van der Waals surface area contributed by atoms with Crippen LogP contribution in [0.15, 0.2) is 12.3 Å². The second kappa shape index (κ2) is 5.71. The van der Waals surface area contributed by atoms with Crippen molar-refractivity contribution >= 4 is 17.7 Å². The van der Waals surface area contributed by atoms with Crippen LogP contribution in [0.25, 0.3) is 0 Å². The first kappa shape index (κ1) is 15.3. The number of carbonyl (C=O) groups is 2. The van der Waals surface area contributed by atoms with Crippen LogP contribution in [0.4, 0.5) is 10.5 Å². The molecule has 1 aliphatic rings. The lowest BCUT2D eigenvalue weighted by Crippen LogP contribution is -2.35. The van der Waals surface area contributed by atoms with E-state index in [0.717, 1.165) is 5.56 Å². The summed E-state index contributed by atoms with van der Waals surface area (Å²) >= 11 is 0. The monoisotopic (exact) mass is 292 g/mol. The molecule has 6 nitrogen and oxygen atoms in total. The molecule has 0 bridgehead atoms. The summed E-state index contributed by atoms with van der Waals surface area (Å²) in [6.07, 6.45) is 1.66. The van der Waals surface area contributed by atoms with Gasteiger partial charge in [-0.1, -0.05) is 0 Å². The van der Waals surface area contributed by atoms with Gasteiger partial charge in [0.1, 0.15) is 5.60 Å². The van der Waals surface area contributed by atoms with E-state index in [1.165, 1.54) is 11.1 Å². The maximum Gasteiger partial charge on any atom is 0.414 e. The molecule has 0 aromatic carbocycles. The van der Waals surface area contributed by atoms with Crippen molar-refractivity contribution in [3.63, 3.8) is 0 Å². The summed E-state index contributed by atoms with van der Waals surface area (Å²) in [5, 5.41) is 0. The van der Waals surface area contributed by atoms with Crippen LogP contribution in [0.1, 0.15) is 43.7 Å².